The average molecular weight is 325 g/mol. The second-order valence-corrected chi connectivity index (χ2v) is 6.09. The van der Waals surface area contributed by atoms with Crippen molar-refractivity contribution < 1.29 is 9.53 Å². The van der Waals surface area contributed by atoms with Gasteiger partial charge in [0.05, 0.1) is 6.04 Å². The first-order valence-electron chi connectivity index (χ1n) is 8.65. The smallest absolute Gasteiger partial charge is 0.261 e. The van der Waals surface area contributed by atoms with E-state index >= 15 is 0 Å². The second-order valence-electron chi connectivity index (χ2n) is 6.09. The highest BCUT2D eigenvalue weighted by Gasteiger charge is 2.22. The molecular weight excluding hydrogens is 298 g/mol. The van der Waals surface area contributed by atoms with Gasteiger partial charge in [-0.15, -0.1) is 0 Å². The van der Waals surface area contributed by atoms with E-state index in [4.69, 9.17) is 4.74 Å². The molecule has 0 aromatic heterocycles. The molecule has 2 aromatic carbocycles. The molecule has 2 rings (SSSR count). The highest BCUT2D eigenvalue weighted by molar-refractivity contribution is 5.81. The van der Waals surface area contributed by atoms with Crippen molar-refractivity contribution in [1.82, 2.24) is 5.32 Å². The minimum absolute atomic E-state index is 0.00922. The lowest BCUT2D eigenvalue weighted by Gasteiger charge is -2.23. The molecule has 3 heteroatoms. The molecule has 0 aliphatic rings. The molecule has 0 heterocycles. The van der Waals surface area contributed by atoms with Crippen LogP contribution >= 0.6 is 0 Å². The summed E-state index contributed by atoms with van der Waals surface area (Å²) in [5.41, 5.74) is 3.37. The number of hydrogen-bond donors (Lipinski definition) is 1. The number of aryl methyl sites for hydroxylation is 1. The third-order valence-corrected chi connectivity index (χ3v) is 4.41. The van der Waals surface area contributed by atoms with Gasteiger partial charge in [-0.3, -0.25) is 4.79 Å². The quantitative estimate of drug-likeness (QED) is 0.799. The van der Waals surface area contributed by atoms with Crippen LogP contribution in [0.25, 0.3) is 0 Å². The van der Waals surface area contributed by atoms with Crippen LogP contribution in [0.2, 0.25) is 0 Å². The summed E-state index contributed by atoms with van der Waals surface area (Å²) in [5.74, 6) is 0.721. The zero-order valence-electron chi connectivity index (χ0n) is 15.0. The molecular formula is C21H27NO2. The summed E-state index contributed by atoms with van der Waals surface area (Å²) in [5, 5.41) is 3.12. The summed E-state index contributed by atoms with van der Waals surface area (Å²) < 4.78 is 6.01. The minimum Gasteiger partial charge on any atom is -0.480 e. The van der Waals surface area contributed by atoms with Gasteiger partial charge in [-0.1, -0.05) is 56.3 Å². The fourth-order valence-electron chi connectivity index (χ4n) is 2.70. The van der Waals surface area contributed by atoms with E-state index in [9.17, 15) is 4.79 Å². The van der Waals surface area contributed by atoms with Crippen molar-refractivity contribution in [2.24, 2.45) is 0 Å². The van der Waals surface area contributed by atoms with Crippen molar-refractivity contribution in [3.63, 3.8) is 0 Å². The number of hydrogen-bond acceptors (Lipinski definition) is 2. The number of ether oxygens (including phenoxy) is 1. The Kier molecular flexibility index (Phi) is 6.42. The Bertz CT molecular complexity index is 667. The van der Waals surface area contributed by atoms with Gasteiger partial charge in [0.15, 0.2) is 6.10 Å². The standard InChI is InChI=1S/C21H27NO2/c1-5-18(17-12-8-7-9-13-17)22-21(23)19(6-2)24-20-14-10-11-15(3)16(20)4/h7-14,18-19H,5-6H2,1-4H3,(H,22,23)/t18-,19+/m1/s1. The highest BCUT2D eigenvalue weighted by Crippen LogP contribution is 2.23. The fraction of sp³-hybridized carbons (Fsp3) is 0.381. The van der Waals surface area contributed by atoms with Crippen LogP contribution in [0.1, 0.15) is 49.4 Å². The summed E-state index contributed by atoms with van der Waals surface area (Å²) in [6, 6.07) is 16.0. The van der Waals surface area contributed by atoms with Crippen molar-refractivity contribution in [2.75, 3.05) is 0 Å². The molecule has 2 atom stereocenters. The monoisotopic (exact) mass is 325 g/mol. The summed E-state index contributed by atoms with van der Waals surface area (Å²) in [7, 11) is 0. The Morgan fingerprint density at radius 1 is 1.00 bits per heavy atom. The number of carbonyl (C=O) groups is 1. The molecule has 0 fully saturated rings. The molecule has 1 amide bonds. The molecule has 0 saturated heterocycles. The molecule has 0 aliphatic heterocycles. The number of rotatable bonds is 7. The number of benzene rings is 2. The highest BCUT2D eigenvalue weighted by atomic mass is 16.5. The van der Waals surface area contributed by atoms with Gasteiger partial charge in [-0.2, -0.15) is 0 Å². The lowest BCUT2D eigenvalue weighted by Crippen LogP contribution is -2.40. The maximum absolute atomic E-state index is 12.7. The van der Waals surface area contributed by atoms with Gasteiger partial charge in [0.1, 0.15) is 5.75 Å². The van der Waals surface area contributed by atoms with Crippen molar-refractivity contribution >= 4 is 5.91 Å². The Labute approximate surface area is 145 Å². The fourth-order valence-corrected chi connectivity index (χ4v) is 2.70. The third-order valence-electron chi connectivity index (χ3n) is 4.41. The van der Waals surface area contributed by atoms with E-state index in [-0.39, 0.29) is 11.9 Å². The summed E-state index contributed by atoms with van der Waals surface area (Å²) in [6.07, 6.45) is 0.989. The molecule has 0 spiro atoms. The van der Waals surface area contributed by atoms with Crippen molar-refractivity contribution in [1.29, 1.82) is 0 Å². The zero-order valence-corrected chi connectivity index (χ0v) is 15.0. The predicted molar refractivity (Wildman–Crippen MR) is 98.2 cm³/mol. The Hall–Kier alpha value is -2.29. The van der Waals surface area contributed by atoms with Gasteiger partial charge in [0.2, 0.25) is 0 Å². The van der Waals surface area contributed by atoms with E-state index in [1.807, 2.05) is 69.3 Å². The van der Waals surface area contributed by atoms with E-state index in [1.165, 1.54) is 5.56 Å². The minimum atomic E-state index is -0.483. The first-order valence-corrected chi connectivity index (χ1v) is 8.65. The largest absolute Gasteiger partial charge is 0.480 e. The molecule has 0 saturated carbocycles. The van der Waals surface area contributed by atoms with E-state index in [0.29, 0.717) is 6.42 Å². The van der Waals surface area contributed by atoms with E-state index in [1.54, 1.807) is 0 Å². The maximum atomic E-state index is 12.7. The van der Waals surface area contributed by atoms with Gasteiger partial charge >= 0.3 is 0 Å². The number of carbonyl (C=O) groups excluding carboxylic acids is 1. The SMILES string of the molecule is CC[C@H](Oc1cccc(C)c1C)C(=O)N[C@H](CC)c1ccccc1. The Morgan fingerprint density at radius 2 is 1.71 bits per heavy atom. The summed E-state index contributed by atoms with van der Waals surface area (Å²) >= 11 is 0. The van der Waals surface area contributed by atoms with Crippen molar-refractivity contribution in [2.45, 2.75) is 52.7 Å². The number of nitrogens with one attached hydrogen (secondary N) is 1. The Morgan fingerprint density at radius 3 is 2.33 bits per heavy atom. The second kappa shape index (κ2) is 8.53. The molecule has 2 aromatic rings. The molecule has 0 bridgehead atoms. The van der Waals surface area contributed by atoms with Crippen LogP contribution in [-0.4, -0.2) is 12.0 Å². The molecule has 0 unspecified atom stereocenters. The van der Waals surface area contributed by atoms with E-state index in [2.05, 4.69) is 12.2 Å². The van der Waals surface area contributed by atoms with Crippen molar-refractivity contribution in [3.8, 4) is 5.75 Å². The topological polar surface area (TPSA) is 38.3 Å². The van der Waals surface area contributed by atoms with Crippen LogP contribution < -0.4 is 10.1 Å². The van der Waals surface area contributed by atoms with Gasteiger partial charge in [0, 0.05) is 0 Å². The van der Waals surface area contributed by atoms with Gasteiger partial charge in [0.25, 0.3) is 5.91 Å². The number of amides is 1. The summed E-state index contributed by atoms with van der Waals surface area (Å²) in [6.45, 7) is 8.11. The van der Waals surface area contributed by atoms with Crippen LogP contribution in [0.5, 0.6) is 5.75 Å². The average Bonchev–Trinajstić information content (AvgIpc) is 2.61. The lowest BCUT2D eigenvalue weighted by atomic mass is 10.0. The van der Waals surface area contributed by atoms with Crippen LogP contribution in [0.15, 0.2) is 48.5 Å². The zero-order chi connectivity index (χ0) is 17.5. The predicted octanol–water partition coefficient (Wildman–Crippen LogP) is 4.73. The van der Waals surface area contributed by atoms with Crippen LogP contribution in [-0.2, 0) is 4.79 Å². The van der Waals surface area contributed by atoms with Gasteiger partial charge < -0.3 is 10.1 Å². The van der Waals surface area contributed by atoms with Crippen LogP contribution in [0.3, 0.4) is 0 Å². The van der Waals surface area contributed by atoms with E-state index < -0.39 is 6.10 Å². The van der Waals surface area contributed by atoms with Gasteiger partial charge in [-0.25, -0.2) is 0 Å². The maximum Gasteiger partial charge on any atom is 0.261 e. The summed E-state index contributed by atoms with van der Waals surface area (Å²) in [4.78, 5) is 12.7. The molecule has 128 valence electrons. The first kappa shape index (κ1) is 18.1. The van der Waals surface area contributed by atoms with E-state index in [0.717, 1.165) is 23.3 Å². The molecule has 0 radical (unpaired) electrons. The van der Waals surface area contributed by atoms with Crippen LogP contribution in [0.4, 0.5) is 0 Å². The molecule has 1 N–H and O–H groups in total. The first-order chi connectivity index (χ1) is 11.6. The molecule has 0 aliphatic carbocycles. The normalized spacial score (nSPS) is 13.2. The Balaban J connectivity index is 2.09. The molecule has 3 nitrogen and oxygen atoms in total. The third kappa shape index (κ3) is 4.38. The molecule has 24 heavy (non-hydrogen) atoms. The van der Waals surface area contributed by atoms with Crippen LogP contribution in [0, 0.1) is 13.8 Å². The lowest BCUT2D eigenvalue weighted by molar-refractivity contribution is -0.129. The van der Waals surface area contributed by atoms with Crippen molar-refractivity contribution in [3.05, 3.63) is 65.2 Å². The van der Waals surface area contributed by atoms with Gasteiger partial charge in [-0.05, 0) is 49.4 Å².